The van der Waals surface area contributed by atoms with Crippen molar-refractivity contribution in [3.05, 3.63) is 0 Å². The van der Waals surface area contributed by atoms with Crippen molar-refractivity contribution >= 4 is 41.7 Å². The Morgan fingerprint density at radius 2 is 1.83 bits per heavy atom. The van der Waals surface area contributed by atoms with Gasteiger partial charge < -0.3 is 10.6 Å². The van der Waals surface area contributed by atoms with Gasteiger partial charge in [-0.25, -0.2) is 0 Å². The van der Waals surface area contributed by atoms with Crippen LogP contribution < -0.4 is 10.6 Å². The second-order valence-electron chi connectivity index (χ2n) is 4.88. The van der Waals surface area contributed by atoms with Gasteiger partial charge in [0.05, 0.1) is 0 Å². The summed E-state index contributed by atoms with van der Waals surface area (Å²) in [5, 5.41) is 6.72. The molecule has 0 unspecified atom stereocenters. The minimum Gasteiger partial charge on any atom is -0.356 e. The minimum atomic E-state index is 0. The maximum Gasteiger partial charge on any atom is 0.191 e. The Morgan fingerprint density at radius 1 is 1.17 bits per heavy atom. The van der Waals surface area contributed by atoms with Crippen LogP contribution >= 0.6 is 35.7 Å². The predicted molar refractivity (Wildman–Crippen MR) is 96.5 cm³/mol. The van der Waals surface area contributed by atoms with Crippen LogP contribution in [0.2, 0.25) is 0 Å². The van der Waals surface area contributed by atoms with Crippen molar-refractivity contribution in [2.45, 2.75) is 51.2 Å². The van der Waals surface area contributed by atoms with E-state index in [9.17, 15) is 0 Å². The molecule has 5 heteroatoms. The summed E-state index contributed by atoms with van der Waals surface area (Å²) < 4.78 is 0.250. The number of halogens is 1. The summed E-state index contributed by atoms with van der Waals surface area (Å²) in [5.41, 5.74) is 0. The Bertz CT molecular complexity index is 220. The van der Waals surface area contributed by atoms with E-state index >= 15 is 0 Å². The summed E-state index contributed by atoms with van der Waals surface area (Å²) >= 11 is 1.87. The molecule has 0 aromatic heterocycles. The highest BCUT2D eigenvalue weighted by Gasteiger charge is 2.15. The van der Waals surface area contributed by atoms with Gasteiger partial charge in [-0.15, -0.1) is 24.0 Å². The van der Waals surface area contributed by atoms with Crippen molar-refractivity contribution in [1.29, 1.82) is 0 Å². The first-order chi connectivity index (χ1) is 8.05. The maximum absolute atomic E-state index is 4.23. The lowest BCUT2D eigenvalue weighted by Crippen LogP contribution is -2.43. The summed E-state index contributed by atoms with van der Waals surface area (Å²) in [7, 11) is 1.83. The largest absolute Gasteiger partial charge is 0.356 e. The van der Waals surface area contributed by atoms with E-state index in [1.807, 2.05) is 18.8 Å². The first kappa shape index (κ1) is 20.7. The lowest BCUT2D eigenvalue weighted by Gasteiger charge is -2.23. The van der Waals surface area contributed by atoms with Crippen molar-refractivity contribution in [3.8, 4) is 0 Å². The van der Waals surface area contributed by atoms with E-state index in [0.717, 1.165) is 19.0 Å². The fourth-order valence-corrected chi connectivity index (χ4v) is 1.56. The summed E-state index contributed by atoms with van der Waals surface area (Å²) in [6.45, 7) is 8.65. The summed E-state index contributed by atoms with van der Waals surface area (Å²) in [6.07, 6.45) is 7.28. The molecule has 0 spiro atoms. The van der Waals surface area contributed by atoms with E-state index < -0.39 is 0 Å². The second kappa shape index (κ2) is 12.4. The van der Waals surface area contributed by atoms with Gasteiger partial charge in [-0.2, -0.15) is 11.8 Å². The van der Waals surface area contributed by atoms with Crippen LogP contribution in [0.3, 0.4) is 0 Å². The molecule has 0 aliphatic rings. The molecule has 0 amide bonds. The minimum absolute atomic E-state index is 0. The van der Waals surface area contributed by atoms with Gasteiger partial charge in [0.25, 0.3) is 0 Å². The van der Waals surface area contributed by atoms with Crippen LogP contribution in [0.4, 0.5) is 0 Å². The van der Waals surface area contributed by atoms with E-state index in [1.165, 1.54) is 25.7 Å². The number of hydrogen-bond acceptors (Lipinski definition) is 2. The van der Waals surface area contributed by atoms with Crippen LogP contribution in [-0.4, -0.2) is 37.1 Å². The highest BCUT2D eigenvalue weighted by Crippen LogP contribution is 2.19. The number of guanidine groups is 1. The highest BCUT2D eigenvalue weighted by molar-refractivity contribution is 14.0. The Morgan fingerprint density at radius 3 is 2.33 bits per heavy atom. The van der Waals surface area contributed by atoms with Crippen molar-refractivity contribution in [1.82, 2.24) is 10.6 Å². The van der Waals surface area contributed by atoms with Crippen LogP contribution in [0.1, 0.15) is 46.5 Å². The van der Waals surface area contributed by atoms with Gasteiger partial charge in [-0.1, -0.05) is 26.2 Å². The van der Waals surface area contributed by atoms with Gasteiger partial charge in [0.2, 0.25) is 0 Å². The van der Waals surface area contributed by atoms with E-state index in [4.69, 9.17) is 0 Å². The van der Waals surface area contributed by atoms with Crippen LogP contribution in [0, 0.1) is 0 Å². The first-order valence-electron chi connectivity index (χ1n) is 6.55. The van der Waals surface area contributed by atoms with Gasteiger partial charge in [-0.05, 0) is 26.5 Å². The van der Waals surface area contributed by atoms with E-state index in [2.05, 4.69) is 42.7 Å². The molecule has 0 aliphatic heterocycles. The molecule has 110 valence electrons. The molecule has 2 N–H and O–H groups in total. The first-order valence-corrected chi connectivity index (χ1v) is 7.78. The monoisotopic (exact) mass is 387 g/mol. The highest BCUT2D eigenvalue weighted by atomic mass is 127. The third-order valence-corrected chi connectivity index (χ3v) is 4.03. The average molecular weight is 387 g/mol. The Kier molecular flexibility index (Phi) is 14.2. The van der Waals surface area contributed by atoms with E-state index in [-0.39, 0.29) is 28.7 Å². The third kappa shape index (κ3) is 11.4. The Labute approximate surface area is 134 Å². The number of thioether (sulfide) groups is 1. The van der Waals surface area contributed by atoms with Crippen molar-refractivity contribution in [2.75, 3.05) is 26.4 Å². The molecule has 0 heterocycles. The zero-order chi connectivity index (χ0) is 13.1. The van der Waals surface area contributed by atoms with Crippen LogP contribution in [0.5, 0.6) is 0 Å². The molecule has 0 atom stereocenters. The predicted octanol–water partition coefficient (Wildman–Crippen LogP) is 3.49. The molecule has 0 bridgehead atoms. The van der Waals surface area contributed by atoms with Crippen LogP contribution in [0.25, 0.3) is 0 Å². The zero-order valence-corrected chi connectivity index (χ0v) is 15.7. The molecule has 0 aromatic carbocycles. The quantitative estimate of drug-likeness (QED) is 0.290. The lowest BCUT2D eigenvalue weighted by molar-refractivity contribution is 0.633. The molecule has 18 heavy (non-hydrogen) atoms. The number of rotatable bonds is 8. The molecule has 0 fully saturated rings. The number of aliphatic imine (C=N–C) groups is 1. The zero-order valence-electron chi connectivity index (χ0n) is 12.5. The second-order valence-corrected chi connectivity index (χ2v) is 6.39. The maximum atomic E-state index is 4.23. The van der Waals surface area contributed by atoms with Gasteiger partial charge in [-0.3, -0.25) is 4.99 Å². The summed E-state index contributed by atoms with van der Waals surface area (Å²) in [6, 6.07) is 0. The van der Waals surface area contributed by atoms with Gasteiger partial charge in [0.1, 0.15) is 0 Å². The van der Waals surface area contributed by atoms with E-state index in [1.54, 1.807) is 0 Å². The van der Waals surface area contributed by atoms with Crippen LogP contribution in [-0.2, 0) is 0 Å². The van der Waals surface area contributed by atoms with E-state index in [0.29, 0.717) is 0 Å². The number of nitrogens with zero attached hydrogens (tertiary/aromatic N) is 1. The molecule has 0 radical (unpaired) electrons. The summed E-state index contributed by atoms with van der Waals surface area (Å²) in [4.78, 5) is 4.23. The molecule has 0 aromatic rings. The number of hydrogen-bond donors (Lipinski definition) is 2. The van der Waals surface area contributed by atoms with Gasteiger partial charge in [0, 0.05) is 24.9 Å². The molecular formula is C13H30IN3S. The van der Waals surface area contributed by atoms with Gasteiger partial charge >= 0.3 is 0 Å². The molecule has 0 rings (SSSR count). The summed E-state index contributed by atoms with van der Waals surface area (Å²) in [5.74, 6) is 0.920. The smallest absolute Gasteiger partial charge is 0.191 e. The SMILES string of the molecule is CCCCCCNC(=NC)NCC(C)(C)SC.I. The number of nitrogens with one attached hydrogen (secondary N) is 2. The fourth-order valence-electron chi connectivity index (χ4n) is 1.35. The molecule has 3 nitrogen and oxygen atoms in total. The Hall–Kier alpha value is 0.350. The Balaban J connectivity index is 0. The number of unbranched alkanes of at least 4 members (excludes halogenated alkanes) is 3. The van der Waals surface area contributed by atoms with Gasteiger partial charge in [0.15, 0.2) is 5.96 Å². The fraction of sp³-hybridized carbons (Fsp3) is 0.923. The topological polar surface area (TPSA) is 36.4 Å². The normalized spacial score (nSPS) is 11.9. The lowest BCUT2D eigenvalue weighted by atomic mass is 10.2. The van der Waals surface area contributed by atoms with Crippen molar-refractivity contribution in [2.24, 2.45) is 4.99 Å². The standard InChI is InChI=1S/C13H29N3S.HI/c1-6-7-8-9-10-15-12(14-4)16-11-13(2,3)17-5;/h6-11H2,1-5H3,(H2,14,15,16);1H. The van der Waals surface area contributed by atoms with Crippen molar-refractivity contribution in [3.63, 3.8) is 0 Å². The third-order valence-electron chi connectivity index (χ3n) is 2.78. The average Bonchev–Trinajstić information content (AvgIpc) is 2.32. The van der Waals surface area contributed by atoms with Crippen LogP contribution in [0.15, 0.2) is 4.99 Å². The molecule has 0 aliphatic carbocycles. The molecule has 0 saturated carbocycles. The molecular weight excluding hydrogens is 357 g/mol. The van der Waals surface area contributed by atoms with Crippen molar-refractivity contribution < 1.29 is 0 Å². The molecule has 0 saturated heterocycles.